The van der Waals surface area contributed by atoms with Gasteiger partial charge in [-0.25, -0.2) is 14.2 Å². The van der Waals surface area contributed by atoms with Gasteiger partial charge in [0.15, 0.2) is 0 Å². The minimum absolute atomic E-state index is 0.199. The molecule has 2 aromatic rings. The number of halogens is 1. The fourth-order valence-electron chi connectivity index (χ4n) is 1.78. The number of aromatic nitrogens is 2. The average Bonchev–Trinajstić information content (AvgIpc) is 2.43. The molecule has 20 heavy (non-hydrogen) atoms. The van der Waals surface area contributed by atoms with Gasteiger partial charge in [-0.15, -0.1) is 0 Å². The Morgan fingerprint density at radius 3 is 3.00 bits per heavy atom. The molecule has 0 unspecified atom stereocenters. The van der Waals surface area contributed by atoms with Crippen molar-refractivity contribution in [1.29, 1.82) is 0 Å². The van der Waals surface area contributed by atoms with Crippen LogP contribution in [0.25, 0.3) is 0 Å². The van der Waals surface area contributed by atoms with E-state index in [0.29, 0.717) is 6.54 Å². The molecule has 0 bridgehead atoms. The lowest BCUT2D eigenvalue weighted by atomic mass is 10.1. The third-order valence-electron chi connectivity index (χ3n) is 2.67. The molecule has 0 aliphatic carbocycles. The van der Waals surface area contributed by atoms with Gasteiger partial charge in [0.25, 0.3) is 0 Å². The summed E-state index contributed by atoms with van der Waals surface area (Å²) in [5.74, 6) is 4.48. The van der Waals surface area contributed by atoms with Crippen LogP contribution < -0.4 is 5.69 Å². The summed E-state index contributed by atoms with van der Waals surface area (Å²) in [5.41, 5.74) is 1.45. The fourth-order valence-corrected chi connectivity index (χ4v) is 1.78. The first-order chi connectivity index (χ1) is 9.60. The smallest absolute Gasteiger partial charge is 0.347 e. The van der Waals surface area contributed by atoms with E-state index in [1.165, 1.54) is 16.8 Å². The van der Waals surface area contributed by atoms with Gasteiger partial charge in [0.2, 0.25) is 0 Å². The number of aliphatic hydroxyl groups is 1. The number of hydrogen-bond acceptors (Lipinski definition) is 3. The molecule has 0 saturated heterocycles. The Morgan fingerprint density at radius 2 is 2.25 bits per heavy atom. The first-order valence-electron chi connectivity index (χ1n) is 6.01. The third-order valence-corrected chi connectivity index (χ3v) is 2.67. The van der Waals surface area contributed by atoms with Crippen LogP contribution in [-0.2, 0) is 6.54 Å². The van der Waals surface area contributed by atoms with Crippen LogP contribution in [0, 0.1) is 24.6 Å². The van der Waals surface area contributed by atoms with Crippen molar-refractivity contribution in [2.24, 2.45) is 0 Å². The normalized spacial score (nSPS) is 9.95. The van der Waals surface area contributed by atoms with Gasteiger partial charge in [-0.1, -0.05) is 17.9 Å². The molecule has 1 heterocycles. The molecule has 0 amide bonds. The standard InChI is InChI=1S/C15H13FN2O2/c1-11-8-17-15(20)18(9-11)10-12-4-5-14(16)13(7-12)3-2-6-19/h4-5,7-9,19H,6,10H2,1H3. The summed E-state index contributed by atoms with van der Waals surface area (Å²) in [6.07, 6.45) is 3.19. The molecule has 4 nitrogen and oxygen atoms in total. The summed E-state index contributed by atoms with van der Waals surface area (Å²) in [6, 6.07) is 4.45. The lowest BCUT2D eigenvalue weighted by Gasteiger charge is -2.06. The quantitative estimate of drug-likeness (QED) is 0.832. The zero-order chi connectivity index (χ0) is 14.5. The maximum Gasteiger partial charge on any atom is 0.347 e. The summed E-state index contributed by atoms with van der Waals surface area (Å²) < 4.78 is 15.0. The van der Waals surface area contributed by atoms with Gasteiger partial charge in [0.1, 0.15) is 12.4 Å². The van der Waals surface area contributed by atoms with E-state index < -0.39 is 5.82 Å². The molecule has 102 valence electrons. The van der Waals surface area contributed by atoms with Crippen LogP contribution in [0.3, 0.4) is 0 Å². The Hall–Kier alpha value is -2.45. The van der Waals surface area contributed by atoms with Crippen molar-refractivity contribution in [3.05, 3.63) is 63.6 Å². The number of rotatable bonds is 2. The molecular formula is C15H13FN2O2. The minimum atomic E-state index is -0.454. The van der Waals surface area contributed by atoms with Gasteiger partial charge < -0.3 is 5.11 Å². The number of aliphatic hydroxyl groups excluding tert-OH is 1. The first-order valence-corrected chi connectivity index (χ1v) is 6.01. The summed E-state index contributed by atoms with van der Waals surface area (Å²) >= 11 is 0. The van der Waals surface area contributed by atoms with Gasteiger partial charge in [-0.2, -0.15) is 0 Å². The van der Waals surface area contributed by atoms with Crippen molar-refractivity contribution in [2.45, 2.75) is 13.5 Å². The van der Waals surface area contributed by atoms with E-state index in [9.17, 15) is 9.18 Å². The lowest BCUT2D eigenvalue weighted by Crippen LogP contribution is -2.22. The van der Waals surface area contributed by atoms with E-state index in [1.807, 2.05) is 6.92 Å². The first kappa shape index (κ1) is 14.0. The van der Waals surface area contributed by atoms with Crippen LogP contribution in [-0.4, -0.2) is 21.3 Å². The van der Waals surface area contributed by atoms with Crippen LogP contribution in [0.5, 0.6) is 0 Å². The second kappa shape index (κ2) is 6.13. The number of nitrogens with zero attached hydrogens (tertiary/aromatic N) is 2. The summed E-state index contributed by atoms with van der Waals surface area (Å²) in [5, 5.41) is 8.64. The van der Waals surface area contributed by atoms with E-state index in [0.717, 1.165) is 11.1 Å². The monoisotopic (exact) mass is 272 g/mol. The minimum Gasteiger partial charge on any atom is -0.384 e. The largest absolute Gasteiger partial charge is 0.384 e. The predicted molar refractivity (Wildman–Crippen MR) is 72.7 cm³/mol. The van der Waals surface area contributed by atoms with Gasteiger partial charge in [0.05, 0.1) is 12.1 Å². The lowest BCUT2D eigenvalue weighted by molar-refractivity contribution is 0.350. The Morgan fingerprint density at radius 1 is 1.45 bits per heavy atom. The highest BCUT2D eigenvalue weighted by Gasteiger charge is 2.04. The molecule has 2 rings (SSSR count). The zero-order valence-corrected chi connectivity index (χ0v) is 10.9. The topological polar surface area (TPSA) is 55.1 Å². The molecular weight excluding hydrogens is 259 g/mol. The molecule has 1 N–H and O–H groups in total. The maximum atomic E-state index is 13.5. The van der Waals surface area contributed by atoms with Crippen LogP contribution in [0.4, 0.5) is 4.39 Å². The molecule has 0 fully saturated rings. The van der Waals surface area contributed by atoms with Gasteiger partial charge >= 0.3 is 5.69 Å². The van der Waals surface area contributed by atoms with E-state index >= 15 is 0 Å². The molecule has 0 aliphatic rings. The maximum absolute atomic E-state index is 13.5. The number of aryl methyl sites for hydroxylation is 1. The molecule has 5 heteroatoms. The van der Waals surface area contributed by atoms with E-state index in [4.69, 9.17) is 5.11 Å². The highest BCUT2D eigenvalue weighted by atomic mass is 19.1. The SMILES string of the molecule is Cc1cnc(=O)n(Cc2ccc(F)c(C#CCO)c2)c1. The third kappa shape index (κ3) is 3.31. The van der Waals surface area contributed by atoms with Crippen LogP contribution in [0.2, 0.25) is 0 Å². The van der Waals surface area contributed by atoms with Crippen LogP contribution in [0.1, 0.15) is 16.7 Å². The Balaban J connectivity index is 2.34. The van der Waals surface area contributed by atoms with E-state index in [2.05, 4.69) is 16.8 Å². The van der Waals surface area contributed by atoms with Crippen molar-refractivity contribution in [2.75, 3.05) is 6.61 Å². The second-order valence-corrected chi connectivity index (χ2v) is 4.32. The van der Waals surface area contributed by atoms with Crippen molar-refractivity contribution < 1.29 is 9.50 Å². The van der Waals surface area contributed by atoms with Gasteiger partial charge in [-0.05, 0) is 30.2 Å². The number of benzene rings is 1. The van der Waals surface area contributed by atoms with Crippen molar-refractivity contribution in [3.8, 4) is 11.8 Å². The van der Waals surface area contributed by atoms with Crippen molar-refractivity contribution >= 4 is 0 Å². The summed E-state index contributed by atoms with van der Waals surface area (Å²) in [6.45, 7) is 1.80. The van der Waals surface area contributed by atoms with Crippen LogP contribution >= 0.6 is 0 Å². The highest BCUT2D eigenvalue weighted by molar-refractivity contribution is 5.38. The van der Waals surface area contributed by atoms with Crippen LogP contribution in [0.15, 0.2) is 35.4 Å². The highest BCUT2D eigenvalue weighted by Crippen LogP contribution is 2.10. The van der Waals surface area contributed by atoms with Crippen molar-refractivity contribution in [3.63, 3.8) is 0 Å². The Labute approximate surface area is 115 Å². The molecule has 0 spiro atoms. The predicted octanol–water partition coefficient (Wildman–Crippen LogP) is 1.08. The molecule has 0 saturated carbocycles. The Bertz CT molecular complexity index is 742. The van der Waals surface area contributed by atoms with E-state index in [1.54, 1.807) is 18.3 Å². The number of hydrogen-bond donors (Lipinski definition) is 1. The van der Waals surface area contributed by atoms with Crippen molar-refractivity contribution in [1.82, 2.24) is 9.55 Å². The molecule has 0 atom stereocenters. The zero-order valence-electron chi connectivity index (χ0n) is 10.9. The van der Waals surface area contributed by atoms with Gasteiger partial charge in [0, 0.05) is 12.4 Å². The van der Waals surface area contributed by atoms with E-state index in [-0.39, 0.29) is 17.9 Å². The summed E-state index contributed by atoms with van der Waals surface area (Å²) in [7, 11) is 0. The molecule has 0 radical (unpaired) electrons. The molecule has 0 aliphatic heterocycles. The average molecular weight is 272 g/mol. The summed E-state index contributed by atoms with van der Waals surface area (Å²) in [4.78, 5) is 15.4. The van der Waals surface area contributed by atoms with Gasteiger partial charge in [-0.3, -0.25) is 4.57 Å². The fraction of sp³-hybridized carbons (Fsp3) is 0.200. The Kier molecular flexibility index (Phi) is 4.28. The molecule has 1 aromatic carbocycles. The second-order valence-electron chi connectivity index (χ2n) is 4.32. The molecule has 1 aromatic heterocycles.